The molecule has 1 heterocycles. The third kappa shape index (κ3) is 3.14. The average Bonchev–Trinajstić information content (AvgIpc) is 2.90. The number of amides is 1. The Hall–Kier alpha value is -1.97. The summed E-state index contributed by atoms with van der Waals surface area (Å²) in [7, 11) is 3.86. The molecular formula is C20H28N2O2. The quantitative estimate of drug-likeness (QED) is 0.873. The van der Waals surface area contributed by atoms with Crippen LogP contribution in [0, 0.1) is 0 Å². The van der Waals surface area contributed by atoms with Crippen LogP contribution in [0.5, 0.6) is 5.75 Å². The van der Waals surface area contributed by atoms with Crippen molar-refractivity contribution in [2.75, 3.05) is 13.7 Å². The summed E-state index contributed by atoms with van der Waals surface area (Å²) in [5, 5.41) is 4.43. The van der Waals surface area contributed by atoms with E-state index in [-0.39, 0.29) is 5.91 Å². The van der Waals surface area contributed by atoms with Crippen molar-refractivity contribution in [3.63, 3.8) is 0 Å². The number of benzene rings is 1. The third-order valence-corrected chi connectivity index (χ3v) is 5.25. The molecule has 0 spiro atoms. The summed E-state index contributed by atoms with van der Waals surface area (Å²) in [6.07, 6.45) is 6.10. The minimum atomic E-state index is 0.182. The van der Waals surface area contributed by atoms with Crippen LogP contribution in [0.1, 0.15) is 56.2 Å². The lowest BCUT2D eigenvalue weighted by Gasteiger charge is -2.24. The summed E-state index contributed by atoms with van der Waals surface area (Å²) in [5.74, 6) is 1.48. The highest BCUT2D eigenvalue weighted by Gasteiger charge is 2.27. The maximum absolute atomic E-state index is 12.0. The highest BCUT2D eigenvalue weighted by atomic mass is 16.5. The van der Waals surface area contributed by atoms with E-state index in [2.05, 4.69) is 36.0 Å². The van der Waals surface area contributed by atoms with Crippen LogP contribution in [0.3, 0.4) is 0 Å². The number of methoxy groups -OCH3 is 1. The molecular weight excluding hydrogens is 300 g/mol. The number of fused-ring (bicyclic) bond motifs is 3. The van der Waals surface area contributed by atoms with Crippen LogP contribution < -0.4 is 10.1 Å². The predicted octanol–water partition coefficient (Wildman–Crippen LogP) is 3.91. The average molecular weight is 328 g/mol. The number of nitrogens with zero attached hydrogens (tertiary/aromatic N) is 1. The lowest BCUT2D eigenvalue weighted by molar-refractivity contribution is -0.121. The normalized spacial score (nSPS) is 16.9. The van der Waals surface area contributed by atoms with Gasteiger partial charge in [-0.2, -0.15) is 0 Å². The number of aryl methyl sites for hydroxylation is 1. The highest BCUT2D eigenvalue weighted by molar-refractivity contribution is 5.88. The lowest BCUT2D eigenvalue weighted by Crippen LogP contribution is -2.29. The molecule has 0 saturated carbocycles. The van der Waals surface area contributed by atoms with Gasteiger partial charge in [0.15, 0.2) is 0 Å². The molecule has 24 heavy (non-hydrogen) atoms. The van der Waals surface area contributed by atoms with Gasteiger partial charge in [0.05, 0.1) is 7.11 Å². The van der Waals surface area contributed by atoms with Crippen molar-refractivity contribution in [2.45, 2.75) is 51.4 Å². The van der Waals surface area contributed by atoms with Crippen molar-refractivity contribution in [3.8, 4) is 5.75 Å². The van der Waals surface area contributed by atoms with Gasteiger partial charge in [-0.3, -0.25) is 4.79 Å². The van der Waals surface area contributed by atoms with Gasteiger partial charge in [-0.1, -0.05) is 13.3 Å². The van der Waals surface area contributed by atoms with Crippen molar-refractivity contribution in [2.24, 2.45) is 7.05 Å². The van der Waals surface area contributed by atoms with Crippen LogP contribution in [-0.4, -0.2) is 24.1 Å². The second-order valence-corrected chi connectivity index (χ2v) is 6.80. The smallest absolute Gasteiger partial charge is 0.220 e. The van der Waals surface area contributed by atoms with Crippen molar-refractivity contribution >= 4 is 16.8 Å². The van der Waals surface area contributed by atoms with Gasteiger partial charge in [-0.25, -0.2) is 0 Å². The zero-order valence-corrected chi connectivity index (χ0v) is 15.0. The fourth-order valence-electron chi connectivity index (χ4n) is 3.92. The van der Waals surface area contributed by atoms with Crippen molar-refractivity contribution in [1.29, 1.82) is 0 Å². The summed E-state index contributed by atoms with van der Waals surface area (Å²) >= 11 is 0. The summed E-state index contributed by atoms with van der Waals surface area (Å²) in [6.45, 7) is 2.86. The number of unbranched alkanes of at least 4 members (excludes halogenated alkanes) is 1. The van der Waals surface area contributed by atoms with Crippen LogP contribution in [0.2, 0.25) is 0 Å². The first-order valence-corrected chi connectivity index (χ1v) is 9.07. The highest BCUT2D eigenvalue weighted by Crippen LogP contribution is 2.39. The SMILES string of the molecule is CCCCC(=O)NCC1CCCc2c1c1cc(OC)ccc1n2C. The zero-order valence-electron chi connectivity index (χ0n) is 15.0. The van der Waals surface area contributed by atoms with Crippen molar-refractivity contribution in [1.82, 2.24) is 9.88 Å². The van der Waals surface area contributed by atoms with Gasteiger partial charge in [-0.15, -0.1) is 0 Å². The van der Waals surface area contributed by atoms with E-state index in [4.69, 9.17) is 4.74 Å². The van der Waals surface area contributed by atoms with Crippen LogP contribution in [-0.2, 0) is 18.3 Å². The van der Waals surface area contributed by atoms with Crippen molar-refractivity contribution in [3.05, 3.63) is 29.5 Å². The van der Waals surface area contributed by atoms with Gasteiger partial charge >= 0.3 is 0 Å². The molecule has 1 N–H and O–H groups in total. The summed E-state index contributed by atoms with van der Waals surface area (Å²) < 4.78 is 7.74. The number of nitrogens with one attached hydrogen (secondary N) is 1. The number of carbonyl (C=O) groups excluding carboxylic acids is 1. The first kappa shape index (κ1) is 16.9. The third-order valence-electron chi connectivity index (χ3n) is 5.25. The Bertz CT molecular complexity index is 733. The number of hydrogen-bond acceptors (Lipinski definition) is 2. The minimum Gasteiger partial charge on any atom is -0.497 e. The van der Waals surface area contributed by atoms with E-state index in [9.17, 15) is 4.79 Å². The van der Waals surface area contributed by atoms with Gasteiger partial charge < -0.3 is 14.6 Å². The first-order chi connectivity index (χ1) is 11.7. The Balaban J connectivity index is 1.88. The molecule has 2 aromatic rings. The molecule has 1 aromatic carbocycles. The zero-order chi connectivity index (χ0) is 17.1. The van der Waals surface area contributed by atoms with E-state index in [0.29, 0.717) is 12.3 Å². The number of hydrogen-bond donors (Lipinski definition) is 1. The monoisotopic (exact) mass is 328 g/mol. The molecule has 1 aliphatic rings. The molecule has 3 rings (SSSR count). The van der Waals surface area contributed by atoms with E-state index < -0.39 is 0 Å². The van der Waals surface area contributed by atoms with Gasteiger partial charge in [0, 0.05) is 42.5 Å². The molecule has 0 aliphatic heterocycles. The van der Waals surface area contributed by atoms with Crippen LogP contribution in [0.4, 0.5) is 0 Å². The van der Waals surface area contributed by atoms with Gasteiger partial charge in [0.1, 0.15) is 5.75 Å². The molecule has 1 amide bonds. The van der Waals surface area contributed by atoms with E-state index in [0.717, 1.165) is 38.0 Å². The first-order valence-electron chi connectivity index (χ1n) is 9.07. The van der Waals surface area contributed by atoms with Gasteiger partial charge in [0.25, 0.3) is 0 Å². The topological polar surface area (TPSA) is 43.3 Å². The van der Waals surface area contributed by atoms with E-state index >= 15 is 0 Å². The fourth-order valence-corrected chi connectivity index (χ4v) is 3.92. The number of carbonyl (C=O) groups is 1. The molecule has 0 bridgehead atoms. The molecule has 0 saturated heterocycles. The molecule has 130 valence electrons. The lowest BCUT2D eigenvalue weighted by atomic mass is 9.85. The van der Waals surface area contributed by atoms with Gasteiger partial charge in [0.2, 0.25) is 5.91 Å². The molecule has 1 aliphatic carbocycles. The Morgan fingerprint density at radius 2 is 2.25 bits per heavy atom. The van der Waals surface area contributed by atoms with E-state index in [1.807, 2.05) is 6.07 Å². The maximum Gasteiger partial charge on any atom is 0.220 e. The number of aromatic nitrogens is 1. The van der Waals surface area contributed by atoms with E-state index in [1.165, 1.54) is 28.6 Å². The number of ether oxygens (including phenoxy) is 1. The van der Waals surface area contributed by atoms with Crippen molar-refractivity contribution < 1.29 is 9.53 Å². The Labute approximate surface area is 144 Å². The predicted molar refractivity (Wildman–Crippen MR) is 97.7 cm³/mol. The Morgan fingerprint density at radius 3 is 3.00 bits per heavy atom. The van der Waals surface area contributed by atoms with Crippen LogP contribution >= 0.6 is 0 Å². The van der Waals surface area contributed by atoms with Gasteiger partial charge in [-0.05, 0) is 49.4 Å². The molecule has 1 atom stereocenters. The fraction of sp³-hybridized carbons (Fsp3) is 0.550. The molecule has 4 heteroatoms. The molecule has 0 radical (unpaired) electrons. The summed E-state index contributed by atoms with van der Waals surface area (Å²) in [4.78, 5) is 12.0. The molecule has 1 aromatic heterocycles. The largest absolute Gasteiger partial charge is 0.497 e. The molecule has 0 fully saturated rings. The summed E-state index contributed by atoms with van der Waals surface area (Å²) in [6, 6.07) is 6.31. The minimum absolute atomic E-state index is 0.182. The molecule has 1 unspecified atom stereocenters. The van der Waals surface area contributed by atoms with Crippen LogP contribution in [0.25, 0.3) is 10.9 Å². The van der Waals surface area contributed by atoms with Crippen LogP contribution in [0.15, 0.2) is 18.2 Å². The second-order valence-electron chi connectivity index (χ2n) is 6.80. The molecule has 4 nitrogen and oxygen atoms in total. The Morgan fingerprint density at radius 1 is 1.42 bits per heavy atom. The maximum atomic E-state index is 12.0. The standard InChI is InChI=1S/C20H28N2O2/c1-4-5-9-19(23)21-13-14-7-6-8-18-20(14)16-12-15(24-3)10-11-17(16)22(18)2/h10-12,14H,4-9,13H2,1-3H3,(H,21,23). The Kier molecular flexibility index (Phi) is 5.12. The summed E-state index contributed by atoms with van der Waals surface area (Å²) in [5.41, 5.74) is 4.08. The number of rotatable bonds is 6. The second kappa shape index (κ2) is 7.29. The van der Waals surface area contributed by atoms with E-state index in [1.54, 1.807) is 7.11 Å².